The highest BCUT2D eigenvalue weighted by molar-refractivity contribution is 5.78. The highest BCUT2D eigenvalue weighted by Gasteiger charge is 2.27. The first kappa shape index (κ1) is 21.8. The molecule has 30 heavy (non-hydrogen) atoms. The molecule has 8 heteroatoms. The Bertz CT molecular complexity index is 1000. The van der Waals surface area contributed by atoms with Gasteiger partial charge in [-0.1, -0.05) is 18.6 Å². The van der Waals surface area contributed by atoms with Gasteiger partial charge in [-0.05, 0) is 56.6 Å². The minimum absolute atomic E-state index is 0.0353. The van der Waals surface area contributed by atoms with Crippen molar-refractivity contribution in [2.75, 3.05) is 6.54 Å². The summed E-state index contributed by atoms with van der Waals surface area (Å²) < 4.78 is 1.28. The summed E-state index contributed by atoms with van der Waals surface area (Å²) in [6.07, 6.45) is 5.46. The van der Waals surface area contributed by atoms with Gasteiger partial charge in [0.2, 0.25) is 5.91 Å². The number of rotatable bonds is 9. The molecular weight excluding hydrogens is 386 g/mol. The van der Waals surface area contributed by atoms with Gasteiger partial charge in [-0.3, -0.25) is 19.0 Å². The van der Waals surface area contributed by atoms with Gasteiger partial charge in [0.1, 0.15) is 0 Å². The molecule has 1 aromatic carbocycles. The average Bonchev–Trinajstić information content (AvgIpc) is 2.73. The maximum absolute atomic E-state index is 12.7. The molecule has 0 atom stereocenters. The molecule has 0 radical (unpaired) electrons. The van der Waals surface area contributed by atoms with Gasteiger partial charge >= 0.3 is 11.7 Å². The van der Waals surface area contributed by atoms with Gasteiger partial charge in [0.15, 0.2) is 0 Å². The number of H-pyrrole nitrogens is 1. The number of benzene rings is 1. The van der Waals surface area contributed by atoms with Crippen LogP contribution in [0.3, 0.4) is 0 Å². The van der Waals surface area contributed by atoms with E-state index < -0.39 is 5.97 Å². The fraction of sp³-hybridized carbons (Fsp3) is 0.545. The summed E-state index contributed by atoms with van der Waals surface area (Å²) in [7, 11) is 0. The van der Waals surface area contributed by atoms with Gasteiger partial charge in [0, 0.05) is 25.4 Å². The van der Waals surface area contributed by atoms with Crippen LogP contribution in [0.25, 0.3) is 10.9 Å². The van der Waals surface area contributed by atoms with Crippen molar-refractivity contribution < 1.29 is 14.7 Å². The Kier molecular flexibility index (Phi) is 7.43. The lowest BCUT2D eigenvalue weighted by Crippen LogP contribution is -2.39. The highest BCUT2D eigenvalue weighted by Crippen LogP contribution is 2.29. The third kappa shape index (κ3) is 5.58. The zero-order chi connectivity index (χ0) is 21.5. The molecule has 1 heterocycles. The fourth-order valence-corrected chi connectivity index (χ4v) is 4.16. The van der Waals surface area contributed by atoms with Crippen molar-refractivity contribution in [1.82, 2.24) is 14.9 Å². The van der Waals surface area contributed by atoms with Crippen molar-refractivity contribution in [3.8, 4) is 0 Å². The number of aliphatic carboxylic acids is 1. The second-order valence-corrected chi connectivity index (χ2v) is 8.10. The van der Waals surface area contributed by atoms with Crippen LogP contribution in [-0.4, -0.2) is 33.1 Å². The number of carboxylic acid groups (broad SMARTS) is 1. The summed E-state index contributed by atoms with van der Waals surface area (Å²) in [5.41, 5.74) is -0.106. The van der Waals surface area contributed by atoms with Gasteiger partial charge < -0.3 is 15.4 Å². The third-order valence-corrected chi connectivity index (χ3v) is 5.91. The number of nitrogens with zero attached hydrogens (tertiary/aromatic N) is 1. The normalized spacial score (nSPS) is 18.9. The van der Waals surface area contributed by atoms with Gasteiger partial charge in [-0.25, -0.2) is 4.79 Å². The lowest BCUT2D eigenvalue weighted by Gasteiger charge is -2.28. The van der Waals surface area contributed by atoms with Crippen LogP contribution >= 0.6 is 0 Å². The van der Waals surface area contributed by atoms with Crippen molar-refractivity contribution >= 4 is 22.8 Å². The minimum Gasteiger partial charge on any atom is -0.481 e. The molecule has 1 aliphatic rings. The van der Waals surface area contributed by atoms with Gasteiger partial charge in [0.25, 0.3) is 5.56 Å². The van der Waals surface area contributed by atoms with E-state index in [4.69, 9.17) is 5.11 Å². The van der Waals surface area contributed by atoms with E-state index in [1.807, 2.05) is 0 Å². The summed E-state index contributed by atoms with van der Waals surface area (Å²) in [5, 5.41) is 12.1. The number of aromatic nitrogens is 2. The molecule has 8 nitrogen and oxygen atoms in total. The van der Waals surface area contributed by atoms with Gasteiger partial charge in [-0.15, -0.1) is 0 Å². The summed E-state index contributed by atoms with van der Waals surface area (Å²) in [6, 6.07) is 7.00. The van der Waals surface area contributed by atoms with Crippen LogP contribution in [0.1, 0.15) is 51.4 Å². The molecule has 1 aromatic heterocycles. The van der Waals surface area contributed by atoms with Crippen LogP contribution in [0.5, 0.6) is 0 Å². The molecule has 0 aliphatic heterocycles. The lowest BCUT2D eigenvalue weighted by atomic mass is 9.81. The largest absolute Gasteiger partial charge is 0.481 e. The molecule has 1 fully saturated rings. The van der Waals surface area contributed by atoms with Crippen LogP contribution in [0, 0.1) is 11.8 Å². The summed E-state index contributed by atoms with van der Waals surface area (Å²) >= 11 is 0. The Morgan fingerprint density at radius 2 is 1.80 bits per heavy atom. The molecule has 1 saturated carbocycles. The molecule has 0 saturated heterocycles. The quantitative estimate of drug-likeness (QED) is 0.543. The monoisotopic (exact) mass is 415 g/mol. The zero-order valence-electron chi connectivity index (χ0n) is 17.1. The van der Waals surface area contributed by atoms with E-state index in [9.17, 15) is 19.2 Å². The average molecular weight is 415 g/mol. The SMILES string of the molecule is O=C(O)CCCCCNC(=O)C1CCC(Cn2c(=O)[nH]c3ccccc3c2=O)CC1. The number of hydrogen-bond acceptors (Lipinski definition) is 4. The van der Waals surface area contributed by atoms with Crippen molar-refractivity contribution in [1.29, 1.82) is 0 Å². The summed E-state index contributed by atoms with van der Waals surface area (Å²) in [5.74, 6) is -0.576. The van der Waals surface area contributed by atoms with E-state index in [1.165, 1.54) is 4.57 Å². The van der Waals surface area contributed by atoms with Crippen molar-refractivity contribution in [2.45, 2.75) is 57.9 Å². The van der Waals surface area contributed by atoms with E-state index in [-0.39, 0.29) is 35.4 Å². The first-order valence-corrected chi connectivity index (χ1v) is 10.7. The Hall–Kier alpha value is -2.90. The number of aromatic amines is 1. The number of fused-ring (bicyclic) bond motifs is 1. The number of carbonyl (C=O) groups excluding carboxylic acids is 1. The first-order chi connectivity index (χ1) is 14.5. The van der Waals surface area contributed by atoms with E-state index in [2.05, 4.69) is 10.3 Å². The maximum atomic E-state index is 12.7. The predicted molar refractivity (Wildman–Crippen MR) is 113 cm³/mol. The first-order valence-electron chi connectivity index (χ1n) is 10.7. The molecule has 3 N–H and O–H groups in total. The number of carbonyl (C=O) groups is 2. The summed E-state index contributed by atoms with van der Waals surface area (Å²) in [4.78, 5) is 50.6. The number of unbranched alkanes of at least 4 members (excludes halogenated alkanes) is 2. The molecule has 3 rings (SSSR count). The van der Waals surface area contributed by atoms with E-state index >= 15 is 0 Å². The number of hydrogen-bond donors (Lipinski definition) is 3. The van der Waals surface area contributed by atoms with E-state index in [0.29, 0.717) is 30.4 Å². The summed E-state index contributed by atoms with van der Waals surface area (Å²) in [6.45, 7) is 0.942. The molecule has 2 aromatic rings. The number of nitrogens with one attached hydrogen (secondary N) is 2. The Balaban J connectivity index is 1.46. The number of carboxylic acids is 1. The van der Waals surface area contributed by atoms with Crippen LogP contribution in [0.2, 0.25) is 0 Å². The number of amides is 1. The van der Waals surface area contributed by atoms with Crippen LogP contribution in [0.4, 0.5) is 0 Å². The minimum atomic E-state index is -0.788. The van der Waals surface area contributed by atoms with Crippen LogP contribution < -0.4 is 16.6 Å². The maximum Gasteiger partial charge on any atom is 0.328 e. The van der Waals surface area contributed by atoms with Crippen molar-refractivity contribution in [3.63, 3.8) is 0 Å². The van der Waals surface area contributed by atoms with E-state index in [0.717, 1.165) is 38.5 Å². The Morgan fingerprint density at radius 3 is 2.53 bits per heavy atom. The van der Waals surface area contributed by atoms with Crippen molar-refractivity contribution in [2.24, 2.45) is 11.8 Å². The standard InChI is InChI=1S/C22H29N3O5/c26-19(27)8-2-1-5-13-23-20(28)16-11-9-15(10-12-16)14-25-21(29)17-6-3-4-7-18(17)24-22(25)30/h3-4,6-7,15-16H,1-2,5,8-14H2,(H,23,28)(H,24,30)(H,26,27). The van der Waals surface area contributed by atoms with Gasteiger partial charge in [0.05, 0.1) is 10.9 Å². The smallest absolute Gasteiger partial charge is 0.328 e. The van der Waals surface area contributed by atoms with Crippen molar-refractivity contribution in [3.05, 3.63) is 45.1 Å². The molecule has 1 aliphatic carbocycles. The van der Waals surface area contributed by atoms with Crippen LogP contribution in [0.15, 0.2) is 33.9 Å². The number of para-hydroxylation sites is 1. The molecule has 0 unspecified atom stereocenters. The topological polar surface area (TPSA) is 121 Å². The second-order valence-electron chi connectivity index (χ2n) is 8.10. The second kappa shape index (κ2) is 10.2. The van der Waals surface area contributed by atoms with E-state index in [1.54, 1.807) is 24.3 Å². The lowest BCUT2D eigenvalue weighted by molar-refractivity contribution is -0.137. The third-order valence-electron chi connectivity index (χ3n) is 5.91. The zero-order valence-corrected chi connectivity index (χ0v) is 17.1. The van der Waals surface area contributed by atoms with Crippen LogP contribution in [-0.2, 0) is 16.1 Å². The molecule has 162 valence electrons. The Morgan fingerprint density at radius 1 is 1.07 bits per heavy atom. The van der Waals surface area contributed by atoms with Gasteiger partial charge in [-0.2, -0.15) is 0 Å². The molecular formula is C22H29N3O5. The highest BCUT2D eigenvalue weighted by atomic mass is 16.4. The Labute approximate surface area is 174 Å². The predicted octanol–water partition coefficient (Wildman–Crippen LogP) is 2.26. The fourth-order valence-electron chi connectivity index (χ4n) is 4.16. The molecule has 1 amide bonds. The molecule has 0 bridgehead atoms. The molecule has 0 spiro atoms.